The average Bonchev–Trinajstić information content (AvgIpc) is 2.33. The number of aromatic nitrogens is 1. The molecule has 0 saturated heterocycles. The van der Waals surface area contributed by atoms with Gasteiger partial charge in [0.25, 0.3) is 0 Å². The molecule has 0 saturated carbocycles. The zero-order valence-corrected chi connectivity index (χ0v) is 10.1. The molecule has 0 aliphatic rings. The third kappa shape index (κ3) is 3.59. The molecular weight excluding hydrogens is 234 g/mol. The molecule has 1 heterocycles. The highest BCUT2D eigenvalue weighted by molar-refractivity contribution is 6.29. The van der Waals surface area contributed by atoms with E-state index in [1.54, 1.807) is 18.3 Å². The van der Waals surface area contributed by atoms with Gasteiger partial charge >= 0.3 is 0 Å². The van der Waals surface area contributed by atoms with Crippen LogP contribution < -0.4 is 0 Å². The maximum absolute atomic E-state index is 9.26. The van der Waals surface area contributed by atoms with E-state index in [9.17, 15) is 5.26 Å². The molecule has 4 heteroatoms. The number of nitriles is 2. The highest BCUT2D eigenvalue weighted by Gasteiger charge is 2.29. The van der Waals surface area contributed by atoms with Crippen molar-refractivity contribution in [1.82, 2.24) is 4.98 Å². The average molecular weight is 246 g/mol. The maximum Gasteiger partial charge on any atom is 0.129 e. The normalized spacial score (nSPS) is 13.1. The monoisotopic (exact) mass is 245 g/mol. The van der Waals surface area contributed by atoms with E-state index >= 15 is 0 Å². The molecule has 86 valence electrons. The van der Waals surface area contributed by atoms with Gasteiger partial charge in [0.2, 0.25) is 0 Å². The first-order chi connectivity index (χ1) is 8.15. The minimum absolute atomic E-state index is 0.179. The van der Waals surface area contributed by atoms with Crippen molar-refractivity contribution < 1.29 is 0 Å². The van der Waals surface area contributed by atoms with Crippen molar-refractivity contribution in [2.45, 2.75) is 19.3 Å². The molecule has 0 fully saturated rings. The quantitative estimate of drug-likeness (QED) is 0.591. The molecule has 0 aliphatic heterocycles. The van der Waals surface area contributed by atoms with Gasteiger partial charge in [-0.3, -0.25) is 0 Å². The van der Waals surface area contributed by atoms with Crippen molar-refractivity contribution in [2.75, 3.05) is 0 Å². The van der Waals surface area contributed by atoms with Crippen LogP contribution in [0.4, 0.5) is 0 Å². The molecule has 0 aliphatic carbocycles. The van der Waals surface area contributed by atoms with E-state index in [4.69, 9.17) is 16.9 Å². The summed E-state index contributed by atoms with van der Waals surface area (Å²) in [6, 6.07) is 7.79. The van der Waals surface area contributed by atoms with Crippen LogP contribution in [-0.2, 0) is 6.42 Å². The van der Waals surface area contributed by atoms with Crippen LogP contribution in [0.3, 0.4) is 0 Å². The summed E-state index contributed by atoms with van der Waals surface area (Å²) in [5, 5.41) is 18.5. The van der Waals surface area contributed by atoms with Crippen LogP contribution in [0.1, 0.15) is 18.4 Å². The molecule has 0 bridgehead atoms. The lowest BCUT2D eigenvalue weighted by Gasteiger charge is -2.21. The summed E-state index contributed by atoms with van der Waals surface area (Å²) in [6.45, 7) is 3.63. The number of halogens is 1. The fourth-order valence-corrected chi connectivity index (χ4v) is 1.77. The SMILES string of the molecule is C=CCC(C#N)(CC#N)Cc1ccc(Cl)nc1. The Morgan fingerprint density at radius 3 is 2.71 bits per heavy atom. The summed E-state index contributed by atoms with van der Waals surface area (Å²) < 4.78 is 0. The standard InChI is InChI=1S/C13H12ClN3/c1-2-5-13(10-16,6-7-15)8-11-3-4-12(14)17-9-11/h2-4,9H,1,5-6,8H2. The molecule has 0 aromatic carbocycles. The lowest BCUT2D eigenvalue weighted by atomic mass is 9.78. The molecule has 1 rings (SSSR count). The highest BCUT2D eigenvalue weighted by Crippen LogP contribution is 2.30. The Bertz CT molecular complexity index is 467. The lowest BCUT2D eigenvalue weighted by molar-refractivity contribution is 0.407. The van der Waals surface area contributed by atoms with Crippen molar-refractivity contribution in [3.63, 3.8) is 0 Å². The third-order valence-corrected chi connectivity index (χ3v) is 2.74. The number of nitrogens with zero attached hydrogens (tertiary/aromatic N) is 3. The maximum atomic E-state index is 9.26. The predicted octanol–water partition coefficient (Wildman–Crippen LogP) is 3.28. The third-order valence-electron chi connectivity index (χ3n) is 2.52. The van der Waals surface area contributed by atoms with Gasteiger partial charge in [-0.25, -0.2) is 4.98 Å². The summed E-state index contributed by atoms with van der Waals surface area (Å²) in [7, 11) is 0. The fraction of sp³-hybridized carbons (Fsp3) is 0.308. The van der Waals surface area contributed by atoms with E-state index in [1.165, 1.54) is 0 Å². The van der Waals surface area contributed by atoms with E-state index in [2.05, 4.69) is 23.7 Å². The van der Waals surface area contributed by atoms with Crippen LogP contribution in [-0.4, -0.2) is 4.98 Å². The number of allylic oxidation sites excluding steroid dienone is 1. The van der Waals surface area contributed by atoms with E-state index in [-0.39, 0.29) is 6.42 Å². The number of hydrogen-bond donors (Lipinski definition) is 0. The Kier molecular flexibility index (Phi) is 4.69. The van der Waals surface area contributed by atoms with Gasteiger partial charge < -0.3 is 0 Å². The van der Waals surface area contributed by atoms with Gasteiger partial charge in [-0.1, -0.05) is 23.7 Å². The number of rotatable bonds is 5. The molecule has 1 aromatic rings. The van der Waals surface area contributed by atoms with Gasteiger partial charge in [0.05, 0.1) is 24.0 Å². The summed E-state index contributed by atoms with van der Waals surface area (Å²) in [5.74, 6) is 0. The summed E-state index contributed by atoms with van der Waals surface area (Å²) >= 11 is 5.69. The Hall–Kier alpha value is -1.84. The summed E-state index contributed by atoms with van der Waals surface area (Å²) in [5.41, 5.74) is 0.180. The van der Waals surface area contributed by atoms with Crippen molar-refractivity contribution in [1.29, 1.82) is 10.5 Å². The van der Waals surface area contributed by atoms with Crippen LogP contribution in [0.25, 0.3) is 0 Å². The first kappa shape index (κ1) is 13.2. The molecule has 0 spiro atoms. The molecule has 1 aromatic heterocycles. The van der Waals surface area contributed by atoms with Crippen LogP contribution >= 0.6 is 11.6 Å². The zero-order chi connectivity index (χ0) is 12.7. The Morgan fingerprint density at radius 2 is 2.24 bits per heavy atom. The van der Waals surface area contributed by atoms with Crippen molar-refractivity contribution >= 4 is 11.6 Å². The smallest absolute Gasteiger partial charge is 0.129 e. The predicted molar refractivity (Wildman–Crippen MR) is 66.0 cm³/mol. The van der Waals surface area contributed by atoms with Gasteiger partial charge in [0.15, 0.2) is 0 Å². The lowest BCUT2D eigenvalue weighted by Crippen LogP contribution is -2.20. The Labute approximate surface area is 106 Å². The molecule has 0 radical (unpaired) electrons. The summed E-state index contributed by atoms with van der Waals surface area (Å²) in [4.78, 5) is 3.97. The van der Waals surface area contributed by atoms with E-state index in [0.29, 0.717) is 18.0 Å². The molecule has 1 unspecified atom stereocenters. The van der Waals surface area contributed by atoms with Crippen LogP contribution in [0.5, 0.6) is 0 Å². The van der Waals surface area contributed by atoms with Crippen molar-refractivity contribution in [3.05, 3.63) is 41.7 Å². The topological polar surface area (TPSA) is 60.5 Å². The van der Waals surface area contributed by atoms with Crippen LogP contribution in [0.15, 0.2) is 31.0 Å². The van der Waals surface area contributed by atoms with Gasteiger partial charge in [-0.2, -0.15) is 10.5 Å². The van der Waals surface area contributed by atoms with Crippen molar-refractivity contribution in [2.24, 2.45) is 5.41 Å². The van der Waals surface area contributed by atoms with Crippen LogP contribution in [0.2, 0.25) is 5.15 Å². The zero-order valence-electron chi connectivity index (χ0n) is 9.36. The molecule has 0 N–H and O–H groups in total. The summed E-state index contributed by atoms with van der Waals surface area (Å²) in [6.07, 6.45) is 4.45. The van der Waals surface area contributed by atoms with Gasteiger partial charge in [-0.15, -0.1) is 6.58 Å². The molecular formula is C13H12ClN3. The van der Waals surface area contributed by atoms with Gasteiger partial charge in [-0.05, 0) is 24.5 Å². The first-order valence-corrected chi connectivity index (χ1v) is 5.53. The fourth-order valence-electron chi connectivity index (χ4n) is 1.66. The largest absolute Gasteiger partial charge is 0.244 e. The second-order valence-electron chi connectivity index (χ2n) is 3.89. The molecule has 0 amide bonds. The second kappa shape index (κ2) is 6.03. The van der Waals surface area contributed by atoms with E-state index < -0.39 is 5.41 Å². The van der Waals surface area contributed by atoms with Gasteiger partial charge in [0.1, 0.15) is 5.15 Å². The minimum atomic E-state index is -0.716. The molecule has 3 nitrogen and oxygen atoms in total. The molecule has 17 heavy (non-hydrogen) atoms. The Morgan fingerprint density at radius 1 is 1.47 bits per heavy atom. The van der Waals surface area contributed by atoms with Crippen LogP contribution in [0, 0.1) is 28.1 Å². The van der Waals surface area contributed by atoms with E-state index in [1.807, 2.05) is 6.07 Å². The number of hydrogen-bond acceptors (Lipinski definition) is 3. The minimum Gasteiger partial charge on any atom is -0.244 e. The van der Waals surface area contributed by atoms with E-state index in [0.717, 1.165) is 5.56 Å². The first-order valence-electron chi connectivity index (χ1n) is 5.15. The number of pyridine rings is 1. The molecule has 1 atom stereocenters. The van der Waals surface area contributed by atoms with Crippen molar-refractivity contribution in [3.8, 4) is 12.1 Å². The van der Waals surface area contributed by atoms with Gasteiger partial charge in [0, 0.05) is 6.20 Å². The Balaban J connectivity index is 2.93. The second-order valence-corrected chi connectivity index (χ2v) is 4.27. The highest BCUT2D eigenvalue weighted by atomic mass is 35.5.